The lowest BCUT2D eigenvalue weighted by molar-refractivity contribution is -0.659. The van der Waals surface area contributed by atoms with Gasteiger partial charge in [-0.1, -0.05) is 48.0 Å². The average molecular weight is 453 g/mol. The molecule has 0 radical (unpaired) electrons. The number of fused-ring (bicyclic) bond motifs is 4. The molecular weight excluding hydrogens is 426 g/mol. The zero-order valence-corrected chi connectivity index (χ0v) is 20.4. The van der Waals surface area contributed by atoms with E-state index in [-0.39, 0.29) is 0 Å². The molecular formula is C32H26N3+. The molecule has 2 heterocycles. The predicted octanol–water partition coefficient (Wildman–Crippen LogP) is 7.23. The van der Waals surface area contributed by atoms with E-state index in [9.17, 15) is 5.26 Å². The minimum Gasteiger partial charge on any atom is -0.308 e. The second-order valence-electron chi connectivity index (χ2n) is 9.47. The lowest BCUT2D eigenvalue weighted by Crippen LogP contribution is -2.30. The summed E-state index contributed by atoms with van der Waals surface area (Å²) in [5.74, 6) is 0. The maximum absolute atomic E-state index is 9.95. The summed E-state index contributed by atoms with van der Waals surface area (Å²) in [4.78, 5) is 0. The van der Waals surface area contributed by atoms with Crippen molar-refractivity contribution in [1.29, 1.82) is 5.26 Å². The van der Waals surface area contributed by atoms with Gasteiger partial charge in [0, 0.05) is 22.5 Å². The SMILES string of the molecule is Cc1cc(C)c(C)c(-c2c3cc(-n4c5ccccc5c5cccc(C#N)c54)ccc3cc[n+]2C)c1. The molecule has 0 saturated carbocycles. The van der Waals surface area contributed by atoms with Crippen LogP contribution in [0.15, 0.2) is 85.1 Å². The molecule has 0 amide bonds. The zero-order valence-electron chi connectivity index (χ0n) is 20.4. The fourth-order valence-electron chi connectivity index (χ4n) is 5.49. The quantitative estimate of drug-likeness (QED) is 0.255. The van der Waals surface area contributed by atoms with Crippen LogP contribution >= 0.6 is 0 Å². The first-order valence-electron chi connectivity index (χ1n) is 11.9. The molecule has 0 aliphatic carbocycles. The number of aromatic nitrogens is 2. The van der Waals surface area contributed by atoms with E-state index in [1.807, 2.05) is 12.1 Å². The van der Waals surface area contributed by atoms with Crippen LogP contribution in [0.25, 0.3) is 49.5 Å². The smallest absolute Gasteiger partial charge is 0.220 e. The Morgan fingerprint density at radius 3 is 2.43 bits per heavy atom. The molecule has 0 atom stereocenters. The largest absolute Gasteiger partial charge is 0.308 e. The number of nitrogens with zero attached hydrogens (tertiary/aromatic N) is 3. The number of benzene rings is 4. The molecule has 4 aromatic carbocycles. The highest BCUT2D eigenvalue weighted by Gasteiger charge is 2.21. The van der Waals surface area contributed by atoms with Crippen LogP contribution in [0.4, 0.5) is 0 Å². The number of aryl methyl sites for hydroxylation is 3. The van der Waals surface area contributed by atoms with Crippen molar-refractivity contribution in [3.05, 3.63) is 107 Å². The summed E-state index contributed by atoms with van der Waals surface area (Å²) >= 11 is 0. The lowest BCUT2D eigenvalue weighted by Gasteiger charge is -2.13. The molecule has 3 heteroatoms. The van der Waals surface area contributed by atoms with Gasteiger partial charge in [0.1, 0.15) is 13.1 Å². The van der Waals surface area contributed by atoms with E-state index in [1.165, 1.54) is 38.7 Å². The Balaban J connectivity index is 1.74. The Morgan fingerprint density at radius 1 is 0.800 bits per heavy atom. The lowest BCUT2D eigenvalue weighted by atomic mass is 9.94. The maximum Gasteiger partial charge on any atom is 0.220 e. The molecule has 0 bridgehead atoms. The van der Waals surface area contributed by atoms with Gasteiger partial charge in [-0.05, 0) is 67.6 Å². The fraction of sp³-hybridized carbons (Fsp3) is 0.125. The van der Waals surface area contributed by atoms with Gasteiger partial charge in [-0.2, -0.15) is 5.26 Å². The van der Waals surface area contributed by atoms with E-state index in [1.54, 1.807) is 0 Å². The van der Waals surface area contributed by atoms with Crippen LogP contribution in [-0.4, -0.2) is 4.57 Å². The van der Waals surface area contributed by atoms with E-state index < -0.39 is 0 Å². The third-order valence-electron chi connectivity index (χ3n) is 7.26. The van der Waals surface area contributed by atoms with E-state index in [2.05, 4.69) is 116 Å². The van der Waals surface area contributed by atoms with E-state index in [0.717, 1.165) is 27.5 Å². The Hall–Kier alpha value is -4.42. The molecule has 0 N–H and O–H groups in total. The summed E-state index contributed by atoms with van der Waals surface area (Å²) in [6.07, 6.45) is 2.14. The molecule has 35 heavy (non-hydrogen) atoms. The first-order valence-corrected chi connectivity index (χ1v) is 11.9. The molecule has 168 valence electrons. The number of hydrogen-bond donors (Lipinski definition) is 0. The molecule has 0 spiro atoms. The highest BCUT2D eigenvalue weighted by Crippen LogP contribution is 2.36. The third kappa shape index (κ3) is 3.15. The van der Waals surface area contributed by atoms with Crippen molar-refractivity contribution in [2.45, 2.75) is 20.8 Å². The van der Waals surface area contributed by atoms with Gasteiger partial charge in [-0.3, -0.25) is 0 Å². The summed E-state index contributed by atoms with van der Waals surface area (Å²) in [5, 5.41) is 14.6. The minimum atomic E-state index is 0.683. The first-order chi connectivity index (χ1) is 17.0. The summed E-state index contributed by atoms with van der Waals surface area (Å²) < 4.78 is 4.47. The van der Waals surface area contributed by atoms with Gasteiger partial charge in [0.2, 0.25) is 5.69 Å². The normalized spacial score (nSPS) is 11.4. The molecule has 3 nitrogen and oxygen atoms in total. The Morgan fingerprint density at radius 2 is 1.60 bits per heavy atom. The Labute approximate surface area is 205 Å². The number of pyridine rings is 1. The molecule has 6 rings (SSSR count). The van der Waals surface area contributed by atoms with Crippen molar-refractivity contribution in [3.8, 4) is 23.0 Å². The van der Waals surface area contributed by atoms with Gasteiger partial charge in [0.05, 0.1) is 27.5 Å². The van der Waals surface area contributed by atoms with Gasteiger partial charge in [0.25, 0.3) is 0 Å². The van der Waals surface area contributed by atoms with Crippen LogP contribution in [0, 0.1) is 32.1 Å². The van der Waals surface area contributed by atoms with Crippen LogP contribution in [0.2, 0.25) is 0 Å². The number of hydrogen-bond acceptors (Lipinski definition) is 1. The van der Waals surface area contributed by atoms with E-state index in [0.29, 0.717) is 5.56 Å². The van der Waals surface area contributed by atoms with E-state index in [4.69, 9.17) is 0 Å². The molecule has 0 unspecified atom stereocenters. The van der Waals surface area contributed by atoms with E-state index >= 15 is 0 Å². The summed E-state index contributed by atoms with van der Waals surface area (Å²) in [7, 11) is 2.12. The summed E-state index contributed by atoms with van der Waals surface area (Å²) in [6.45, 7) is 6.55. The Kier molecular flexibility index (Phi) is 4.72. The van der Waals surface area contributed by atoms with Gasteiger partial charge in [0.15, 0.2) is 6.20 Å². The first kappa shape index (κ1) is 21.1. The van der Waals surface area contributed by atoms with Crippen molar-refractivity contribution < 1.29 is 4.57 Å². The van der Waals surface area contributed by atoms with Crippen molar-refractivity contribution in [3.63, 3.8) is 0 Å². The predicted molar refractivity (Wildman–Crippen MR) is 144 cm³/mol. The number of nitriles is 1. The molecule has 0 aliphatic rings. The zero-order chi connectivity index (χ0) is 24.3. The maximum atomic E-state index is 9.95. The molecule has 6 aromatic rings. The fourth-order valence-corrected chi connectivity index (χ4v) is 5.49. The second-order valence-corrected chi connectivity index (χ2v) is 9.47. The van der Waals surface area contributed by atoms with Gasteiger partial charge < -0.3 is 4.57 Å². The van der Waals surface area contributed by atoms with Crippen LogP contribution in [-0.2, 0) is 7.05 Å². The van der Waals surface area contributed by atoms with Gasteiger partial charge >= 0.3 is 0 Å². The highest BCUT2D eigenvalue weighted by atomic mass is 15.0. The van der Waals surface area contributed by atoms with Crippen LogP contribution in [0.1, 0.15) is 22.3 Å². The van der Waals surface area contributed by atoms with Gasteiger partial charge in [-0.15, -0.1) is 0 Å². The van der Waals surface area contributed by atoms with Gasteiger partial charge in [-0.25, -0.2) is 4.57 Å². The minimum absolute atomic E-state index is 0.683. The monoisotopic (exact) mass is 452 g/mol. The third-order valence-corrected chi connectivity index (χ3v) is 7.26. The Bertz CT molecular complexity index is 1850. The highest BCUT2D eigenvalue weighted by molar-refractivity contribution is 6.11. The van der Waals surface area contributed by atoms with Crippen LogP contribution < -0.4 is 4.57 Å². The van der Waals surface area contributed by atoms with Crippen molar-refractivity contribution in [2.75, 3.05) is 0 Å². The van der Waals surface area contributed by atoms with Crippen molar-refractivity contribution in [1.82, 2.24) is 4.57 Å². The molecule has 0 fully saturated rings. The molecule has 0 aliphatic heterocycles. The number of rotatable bonds is 2. The molecule has 0 saturated heterocycles. The summed E-state index contributed by atoms with van der Waals surface area (Å²) in [5.41, 5.74) is 10.1. The summed E-state index contributed by atoms with van der Waals surface area (Å²) in [6, 6.07) is 30.2. The topological polar surface area (TPSA) is 32.6 Å². The van der Waals surface area contributed by atoms with Crippen molar-refractivity contribution >= 4 is 32.6 Å². The van der Waals surface area contributed by atoms with Crippen LogP contribution in [0.5, 0.6) is 0 Å². The standard InChI is InChI=1S/C32H26N3/c1-20-16-21(2)22(3)28(17-20)32-29-18-25(13-12-23(29)14-15-34(32)4)35-30-11-6-5-9-26(30)27-10-7-8-24(19-33)31(27)35/h5-18H,1-4H3/q+1. The molecule has 2 aromatic heterocycles. The van der Waals surface area contributed by atoms with Crippen LogP contribution in [0.3, 0.4) is 0 Å². The number of para-hydroxylation sites is 2. The average Bonchev–Trinajstić information content (AvgIpc) is 3.21. The second kappa shape index (κ2) is 7.82. The van der Waals surface area contributed by atoms with Crippen molar-refractivity contribution in [2.24, 2.45) is 7.05 Å².